The Morgan fingerprint density at radius 1 is 1.30 bits per heavy atom. The van der Waals surface area contributed by atoms with Crippen LogP contribution >= 0.6 is 0 Å². The number of phenolic OH excluding ortho intramolecular Hbond substituents is 1. The summed E-state index contributed by atoms with van der Waals surface area (Å²) < 4.78 is 11.1. The summed E-state index contributed by atoms with van der Waals surface area (Å²) in [5.41, 5.74) is 3.90. The van der Waals surface area contributed by atoms with Gasteiger partial charge in [0.1, 0.15) is 12.4 Å². The second-order valence-corrected chi connectivity index (χ2v) is 5.16. The zero-order valence-corrected chi connectivity index (χ0v) is 12.5. The third-order valence-electron chi connectivity index (χ3n) is 3.36. The van der Waals surface area contributed by atoms with Gasteiger partial charge in [0.05, 0.1) is 6.21 Å². The Bertz CT molecular complexity index is 758. The number of phenols is 1. The molecule has 1 amide bonds. The smallest absolute Gasteiger partial charge is 0.284 e. The predicted octanol–water partition coefficient (Wildman–Crippen LogP) is 1.99. The van der Waals surface area contributed by atoms with E-state index in [9.17, 15) is 9.90 Å². The highest BCUT2D eigenvalue weighted by Gasteiger charge is 2.26. The maximum atomic E-state index is 12.1. The fourth-order valence-electron chi connectivity index (χ4n) is 2.16. The van der Waals surface area contributed by atoms with Gasteiger partial charge in [-0.2, -0.15) is 5.10 Å². The Morgan fingerprint density at radius 3 is 2.91 bits per heavy atom. The van der Waals surface area contributed by atoms with Crippen molar-refractivity contribution >= 4 is 12.1 Å². The number of para-hydroxylation sites is 2. The minimum Gasteiger partial charge on any atom is -0.507 e. The number of carbonyl (C=O) groups is 1. The van der Waals surface area contributed by atoms with Gasteiger partial charge in [-0.15, -0.1) is 0 Å². The molecule has 118 valence electrons. The molecular weight excluding hydrogens is 296 g/mol. The van der Waals surface area contributed by atoms with Crippen LogP contribution < -0.4 is 14.9 Å². The minimum atomic E-state index is -0.770. The molecule has 23 heavy (non-hydrogen) atoms. The molecule has 0 saturated heterocycles. The molecule has 2 N–H and O–H groups in total. The zero-order valence-electron chi connectivity index (χ0n) is 12.5. The molecule has 0 unspecified atom stereocenters. The van der Waals surface area contributed by atoms with Crippen molar-refractivity contribution in [1.82, 2.24) is 5.43 Å². The van der Waals surface area contributed by atoms with Crippen LogP contribution in [0.4, 0.5) is 0 Å². The first-order chi connectivity index (χ1) is 11.1. The van der Waals surface area contributed by atoms with Crippen LogP contribution in [0.1, 0.15) is 11.1 Å². The average molecular weight is 312 g/mol. The van der Waals surface area contributed by atoms with E-state index in [4.69, 9.17) is 9.47 Å². The number of amides is 1. The second-order valence-electron chi connectivity index (χ2n) is 5.16. The Labute approximate surface area is 133 Å². The summed E-state index contributed by atoms with van der Waals surface area (Å²) in [7, 11) is 0. The monoisotopic (exact) mass is 312 g/mol. The Hall–Kier alpha value is -3.02. The number of hydrogen-bond acceptors (Lipinski definition) is 5. The quantitative estimate of drug-likeness (QED) is 0.671. The van der Waals surface area contributed by atoms with Crippen molar-refractivity contribution in [3.8, 4) is 17.2 Å². The van der Waals surface area contributed by atoms with Crippen molar-refractivity contribution in [1.29, 1.82) is 0 Å². The third kappa shape index (κ3) is 3.42. The zero-order chi connectivity index (χ0) is 16.2. The Kier molecular flexibility index (Phi) is 4.14. The van der Waals surface area contributed by atoms with Crippen molar-refractivity contribution in [2.24, 2.45) is 5.10 Å². The maximum absolute atomic E-state index is 12.1. The molecule has 0 bridgehead atoms. The van der Waals surface area contributed by atoms with Gasteiger partial charge in [0.2, 0.25) is 6.10 Å². The number of rotatable bonds is 3. The van der Waals surface area contributed by atoms with Gasteiger partial charge in [0, 0.05) is 5.56 Å². The molecule has 0 spiro atoms. The molecule has 6 heteroatoms. The number of ether oxygens (including phenoxy) is 2. The molecule has 2 aromatic rings. The van der Waals surface area contributed by atoms with Crippen LogP contribution in [0.2, 0.25) is 0 Å². The average Bonchev–Trinajstić information content (AvgIpc) is 2.57. The maximum Gasteiger partial charge on any atom is 0.284 e. The van der Waals surface area contributed by atoms with E-state index in [1.165, 1.54) is 6.21 Å². The summed E-state index contributed by atoms with van der Waals surface area (Å²) in [5, 5.41) is 13.6. The minimum absolute atomic E-state index is 0.0970. The Morgan fingerprint density at radius 2 is 2.09 bits per heavy atom. The van der Waals surface area contributed by atoms with Gasteiger partial charge in [-0.3, -0.25) is 4.79 Å². The molecule has 6 nitrogen and oxygen atoms in total. The van der Waals surface area contributed by atoms with Crippen LogP contribution in [0.15, 0.2) is 47.6 Å². The van der Waals surface area contributed by atoms with Gasteiger partial charge in [0.15, 0.2) is 11.5 Å². The lowest BCUT2D eigenvalue weighted by atomic mass is 10.1. The number of hydrazone groups is 1. The normalized spacial score (nSPS) is 16.3. The van der Waals surface area contributed by atoms with Crippen LogP contribution in [0, 0.1) is 6.92 Å². The predicted molar refractivity (Wildman–Crippen MR) is 84.9 cm³/mol. The molecule has 1 atom stereocenters. The molecule has 0 saturated carbocycles. The third-order valence-corrected chi connectivity index (χ3v) is 3.36. The number of fused-ring (bicyclic) bond motifs is 1. The van der Waals surface area contributed by atoms with Crippen molar-refractivity contribution < 1.29 is 19.4 Å². The van der Waals surface area contributed by atoms with E-state index in [2.05, 4.69) is 10.5 Å². The molecule has 2 aromatic carbocycles. The van der Waals surface area contributed by atoms with Crippen LogP contribution in [0.25, 0.3) is 0 Å². The van der Waals surface area contributed by atoms with E-state index in [0.29, 0.717) is 17.1 Å². The van der Waals surface area contributed by atoms with E-state index in [1.807, 2.05) is 13.0 Å². The second kappa shape index (κ2) is 6.39. The van der Waals surface area contributed by atoms with Gasteiger partial charge < -0.3 is 14.6 Å². The number of nitrogens with one attached hydrogen (secondary N) is 1. The summed E-state index contributed by atoms with van der Waals surface area (Å²) in [6.07, 6.45) is 0.617. The van der Waals surface area contributed by atoms with E-state index in [-0.39, 0.29) is 12.4 Å². The summed E-state index contributed by atoms with van der Waals surface area (Å²) in [4.78, 5) is 12.1. The number of hydrogen-bond donors (Lipinski definition) is 2. The van der Waals surface area contributed by atoms with E-state index >= 15 is 0 Å². The van der Waals surface area contributed by atoms with Crippen molar-refractivity contribution in [3.05, 3.63) is 53.6 Å². The fraction of sp³-hybridized carbons (Fsp3) is 0.176. The lowest BCUT2D eigenvalue weighted by Crippen LogP contribution is -2.42. The number of aromatic hydroxyl groups is 1. The largest absolute Gasteiger partial charge is 0.507 e. The van der Waals surface area contributed by atoms with Gasteiger partial charge in [-0.1, -0.05) is 23.8 Å². The van der Waals surface area contributed by atoms with E-state index in [1.54, 1.807) is 36.4 Å². The van der Waals surface area contributed by atoms with Gasteiger partial charge >= 0.3 is 0 Å². The summed E-state index contributed by atoms with van der Waals surface area (Å²) in [5.74, 6) is 0.826. The van der Waals surface area contributed by atoms with Gasteiger partial charge in [0.25, 0.3) is 5.91 Å². The molecule has 0 aliphatic carbocycles. The van der Waals surface area contributed by atoms with E-state index < -0.39 is 12.0 Å². The van der Waals surface area contributed by atoms with Gasteiger partial charge in [-0.05, 0) is 31.2 Å². The van der Waals surface area contributed by atoms with Crippen molar-refractivity contribution in [2.75, 3.05) is 6.61 Å². The molecule has 0 aromatic heterocycles. The standard InChI is InChI=1S/C17H16N2O4/c1-11-6-7-13(20)12(8-11)9-18-19-17(21)16-10-22-14-4-2-3-5-15(14)23-16/h2-9,16,20H,10H2,1H3,(H,19,21)/b18-9-/t16-/m1/s1. The molecule has 1 aliphatic heterocycles. The van der Waals surface area contributed by atoms with Gasteiger partial charge in [-0.25, -0.2) is 5.43 Å². The summed E-state index contributed by atoms with van der Waals surface area (Å²) in [6.45, 7) is 2.02. The highest BCUT2D eigenvalue weighted by molar-refractivity contribution is 5.86. The molecule has 0 radical (unpaired) electrons. The highest BCUT2D eigenvalue weighted by Crippen LogP contribution is 2.30. The molecule has 1 heterocycles. The molecular formula is C17H16N2O4. The molecule has 1 aliphatic rings. The number of nitrogens with zero attached hydrogens (tertiary/aromatic N) is 1. The topological polar surface area (TPSA) is 80.2 Å². The Balaban J connectivity index is 1.62. The number of carbonyl (C=O) groups excluding carboxylic acids is 1. The first-order valence-corrected chi connectivity index (χ1v) is 7.14. The van der Waals surface area contributed by atoms with E-state index in [0.717, 1.165) is 5.56 Å². The van der Waals surface area contributed by atoms with Crippen molar-refractivity contribution in [2.45, 2.75) is 13.0 Å². The van der Waals surface area contributed by atoms with Crippen LogP contribution in [-0.2, 0) is 4.79 Å². The number of aryl methyl sites for hydroxylation is 1. The van der Waals surface area contributed by atoms with Crippen LogP contribution in [0.5, 0.6) is 17.2 Å². The number of benzene rings is 2. The van der Waals surface area contributed by atoms with Crippen LogP contribution in [-0.4, -0.2) is 29.9 Å². The first kappa shape index (κ1) is 14.9. The summed E-state index contributed by atoms with van der Waals surface area (Å²) >= 11 is 0. The van der Waals surface area contributed by atoms with Crippen LogP contribution in [0.3, 0.4) is 0 Å². The lowest BCUT2D eigenvalue weighted by molar-refractivity contribution is -0.130. The summed E-state index contributed by atoms with van der Waals surface area (Å²) in [6, 6.07) is 12.3. The fourth-order valence-corrected chi connectivity index (χ4v) is 2.16. The first-order valence-electron chi connectivity index (χ1n) is 7.14. The SMILES string of the molecule is Cc1ccc(O)c(/C=N\NC(=O)[C@H]2COc3ccccc3O2)c1. The van der Waals surface area contributed by atoms with Crippen molar-refractivity contribution in [3.63, 3.8) is 0 Å². The molecule has 0 fully saturated rings. The lowest BCUT2D eigenvalue weighted by Gasteiger charge is -2.24. The molecule has 3 rings (SSSR count). The highest BCUT2D eigenvalue weighted by atomic mass is 16.6.